The highest BCUT2D eigenvalue weighted by Crippen LogP contribution is 2.25. The maximum atomic E-state index is 11.0. The number of nitrogens with one attached hydrogen (secondary N) is 1. The molecular weight excluding hydrogens is 226 g/mol. The minimum absolute atomic E-state index is 0.295. The maximum absolute atomic E-state index is 11.0. The van der Waals surface area contributed by atoms with Gasteiger partial charge in [0.1, 0.15) is 0 Å². The van der Waals surface area contributed by atoms with Gasteiger partial charge in [-0.2, -0.15) is 0 Å². The molecule has 0 atom stereocenters. The van der Waals surface area contributed by atoms with Crippen LogP contribution in [0.25, 0.3) is 0 Å². The van der Waals surface area contributed by atoms with Gasteiger partial charge >= 0.3 is 5.97 Å². The first-order valence-corrected chi connectivity index (χ1v) is 5.76. The molecule has 0 bridgehead atoms. The Bertz CT molecular complexity index is 371. The van der Waals surface area contributed by atoms with Crippen LogP contribution in [0.15, 0.2) is 23.1 Å². The second-order valence-electron chi connectivity index (χ2n) is 3.22. The Morgan fingerprint density at radius 2 is 2.31 bits per heavy atom. The molecule has 1 aromatic rings. The number of thioether (sulfide) groups is 1. The van der Waals surface area contributed by atoms with Crippen LogP contribution in [0.3, 0.4) is 0 Å². The van der Waals surface area contributed by atoms with E-state index < -0.39 is 0 Å². The Kier molecular flexibility index (Phi) is 5.10. The maximum Gasteiger partial charge on any atom is 0.327 e. The van der Waals surface area contributed by atoms with Crippen molar-refractivity contribution in [3.63, 3.8) is 0 Å². The fourth-order valence-corrected chi connectivity index (χ4v) is 2.14. The van der Waals surface area contributed by atoms with Gasteiger partial charge in [-0.15, -0.1) is 11.8 Å². The van der Waals surface area contributed by atoms with Crippen LogP contribution < -0.4 is 17.2 Å². The Morgan fingerprint density at radius 3 is 3.00 bits per heavy atom. The van der Waals surface area contributed by atoms with E-state index in [0.29, 0.717) is 12.2 Å². The first-order chi connectivity index (χ1) is 7.63. The number of nitrogens with two attached hydrogens (primary N) is 2. The summed E-state index contributed by atoms with van der Waals surface area (Å²) in [6, 6.07) is 5.70. The highest BCUT2D eigenvalue weighted by molar-refractivity contribution is 7.99. The predicted molar refractivity (Wildman–Crippen MR) is 64.3 cm³/mol. The van der Waals surface area contributed by atoms with E-state index in [4.69, 9.17) is 11.6 Å². The molecule has 0 radical (unpaired) electrons. The minimum atomic E-state index is -0.378. The molecule has 5 nitrogen and oxygen atoms in total. The Morgan fingerprint density at radius 1 is 1.56 bits per heavy atom. The number of hydrazine groups is 1. The van der Waals surface area contributed by atoms with Crippen molar-refractivity contribution in [1.82, 2.24) is 5.59 Å². The van der Waals surface area contributed by atoms with E-state index in [-0.39, 0.29) is 5.97 Å². The normalized spacial score (nSPS) is 10.1. The largest absolute Gasteiger partial charge is 0.399 e. The zero-order valence-electron chi connectivity index (χ0n) is 9.03. The van der Waals surface area contributed by atoms with Gasteiger partial charge in [-0.05, 0) is 24.6 Å². The third kappa shape index (κ3) is 4.09. The fourth-order valence-electron chi connectivity index (χ4n) is 1.13. The molecule has 0 aromatic heterocycles. The van der Waals surface area contributed by atoms with Gasteiger partial charge < -0.3 is 10.6 Å². The monoisotopic (exact) mass is 241 g/mol. The van der Waals surface area contributed by atoms with Crippen LogP contribution in [0.4, 0.5) is 5.69 Å². The molecular formula is C10H15N3O2S. The van der Waals surface area contributed by atoms with E-state index in [1.165, 1.54) is 0 Å². The first kappa shape index (κ1) is 12.8. The number of nitrogen functional groups attached to an aromatic ring is 1. The first-order valence-electron chi connectivity index (χ1n) is 4.77. The van der Waals surface area contributed by atoms with Crippen molar-refractivity contribution in [2.24, 2.45) is 5.84 Å². The van der Waals surface area contributed by atoms with Crippen molar-refractivity contribution in [3.05, 3.63) is 23.8 Å². The van der Waals surface area contributed by atoms with E-state index >= 15 is 0 Å². The van der Waals surface area contributed by atoms with Gasteiger partial charge in [-0.3, -0.25) is 4.79 Å². The van der Waals surface area contributed by atoms with Gasteiger partial charge in [0.25, 0.3) is 0 Å². The number of rotatable bonds is 5. The van der Waals surface area contributed by atoms with Crippen molar-refractivity contribution in [2.75, 3.05) is 11.5 Å². The molecule has 0 aliphatic heterocycles. The summed E-state index contributed by atoms with van der Waals surface area (Å²) in [5.74, 6) is 5.09. The third-order valence-electron chi connectivity index (χ3n) is 1.95. The third-order valence-corrected chi connectivity index (χ3v) is 3.11. The van der Waals surface area contributed by atoms with Crippen LogP contribution in [0, 0.1) is 6.92 Å². The summed E-state index contributed by atoms with van der Waals surface area (Å²) in [6.45, 7) is 2.00. The number of hydrogen-bond donors (Lipinski definition) is 3. The Balaban J connectivity index is 2.42. The summed E-state index contributed by atoms with van der Waals surface area (Å²) in [7, 11) is 0. The van der Waals surface area contributed by atoms with Gasteiger partial charge in [-0.1, -0.05) is 11.7 Å². The summed E-state index contributed by atoms with van der Waals surface area (Å²) >= 11 is 1.57. The van der Waals surface area contributed by atoms with Crippen LogP contribution in [0.1, 0.15) is 12.0 Å². The molecule has 0 unspecified atom stereocenters. The van der Waals surface area contributed by atoms with Crippen molar-refractivity contribution in [1.29, 1.82) is 0 Å². The zero-order valence-corrected chi connectivity index (χ0v) is 9.84. The second kappa shape index (κ2) is 6.37. The Labute approximate surface area is 98.4 Å². The molecule has 0 saturated carbocycles. The average molecular weight is 241 g/mol. The number of anilines is 1. The quantitative estimate of drug-likeness (QED) is 0.308. The minimum Gasteiger partial charge on any atom is -0.399 e. The van der Waals surface area contributed by atoms with Gasteiger partial charge in [0, 0.05) is 16.3 Å². The molecule has 1 rings (SSSR count). The van der Waals surface area contributed by atoms with E-state index in [9.17, 15) is 4.79 Å². The molecule has 88 valence electrons. The lowest BCUT2D eigenvalue weighted by molar-refractivity contribution is -0.150. The van der Waals surface area contributed by atoms with Crippen LogP contribution in [0.2, 0.25) is 0 Å². The predicted octanol–water partition coefficient (Wildman–Crippen LogP) is 0.981. The van der Waals surface area contributed by atoms with Crippen molar-refractivity contribution in [3.8, 4) is 0 Å². The van der Waals surface area contributed by atoms with Crippen molar-refractivity contribution >= 4 is 23.4 Å². The molecule has 6 heteroatoms. The summed E-state index contributed by atoms with van der Waals surface area (Å²) in [4.78, 5) is 16.4. The van der Waals surface area contributed by atoms with Crippen LogP contribution >= 0.6 is 11.8 Å². The molecule has 16 heavy (non-hydrogen) atoms. The molecule has 0 aliphatic rings. The topological polar surface area (TPSA) is 90.4 Å². The summed E-state index contributed by atoms with van der Waals surface area (Å²) in [6.07, 6.45) is 0.295. The van der Waals surface area contributed by atoms with Gasteiger partial charge in [0.2, 0.25) is 0 Å². The number of aryl methyl sites for hydroxylation is 1. The summed E-state index contributed by atoms with van der Waals surface area (Å²) < 4.78 is 0. The molecule has 0 aliphatic carbocycles. The lowest BCUT2D eigenvalue weighted by Gasteiger charge is -2.06. The lowest BCUT2D eigenvalue weighted by Crippen LogP contribution is -2.26. The number of carbonyl (C=O) groups is 1. The van der Waals surface area contributed by atoms with Crippen LogP contribution in [-0.4, -0.2) is 11.7 Å². The summed E-state index contributed by atoms with van der Waals surface area (Å²) in [5.41, 5.74) is 9.40. The van der Waals surface area contributed by atoms with E-state index in [1.807, 2.05) is 30.7 Å². The summed E-state index contributed by atoms with van der Waals surface area (Å²) in [5, 5.41) is 0. The lowest BCUT2D eigenvalue weighted by atomic mass is 10.2. The number of hydrogen-bond acceptors (Lipinski definition) is 6. The molecule has 0 spiro atoms. The van der Waals surface area contributed by atoms with Crippen LogP contribution in [0.5, 0.6) is 0 Å². The zero-order chi connectivity index (χ0) is 12.0. The van der Waals surface area contributed by atoms with Crippen LogP contribution in [-0.2, 0) is 9.63 Å². The highest BCUT2D eigenvalue weighted by Gasteiger charge is 2.04. The van der Waals surface area contributed by atoms with E-state index in [0.717, 1.165) is 16.1 Å². The highest BCUT2D eigenvalue weighted by atomic mass is 32.2. The van der Waals surface area contributed by atoms with Gasteiger partial charge in [0.05, 0.1) is 6.42 Å². The average Bonchev–Trinajstić information content (AvgIpc) is 2.23. The smallest absolute Gasteiger partial charge is 0.327 e. The molecule has 0 heterocycles. The second-order valence-corrected chi connectivity index (χ2v) is 4.35. The number of carbonyl (C=O) groups excluding carboxylic acids is 1. The van der Waals surface area contributed by atoms with E-state index in [2.05, 4.69) is 4.84 Å². The SMILES string of the molecule is Cc1ccc(N)cc1SCCC(=O)ONN. The molecule has 1 aromatic carbocycles. The molecule has 0 fully saturated rings. The standard InChI is InChI=1S/C10H15N3O2S/c1-7-2-3-8(11)6-9(7)16-5-4-10(14)15-13-12/h2-3,6,13H,4-5,11-12H2,1H3. The van der Waals surface area contributed by atoms with Gasteiger partial charge in [-0.25, -0.2) is 5.84 Å². The molecule has 0 amide bonds. The fraction of sp³-hybridized carbons (Fsp3) is 0.300. The number of benzene rings is 1. The van der Waals surface area contributed by atoms with E-state index in [1.54, 1.807) is 11.8 Å². The van der Waals surface area contributed by atoms with Crippen molar-refractivity contribution in [2.45, 2.75) is 18.2 Å². The Hall–Kier alpha value is -1.24. The molecule has 5 N–H and O–H groups in total. The van der Waals surface area contributed by atoms with Crippen molar-refractivity contribution < 1.29 is 9.63 Å². The molecule has 0 saturated heterocycles. The van der Waals surface area contributed by atoms with Gasteiger partial charge in [0.15, 0.2) is 0 Å².